The normalized spacial score (nSPS) is 10.9. The number of halogens is 1. The molecule has 3 rings (SSSR count). The molecule has 0 aliphatic heterocycles. The summed E-state index contributed by atoms with van der Waals surface area (Å²) in [7, 11) is 0. The van der Waals surface area contributed by atoms with Crippen molar-refractivity contribution in [3.8, 4) is 5.75 Å². The maximum atomic E-state index is 12.7. The molecule has 116 valence electrons. The van der Waals surface area contributed by atoms with E-state index in [2.05, 4.69) is 4.98 Å². The molecule has 0 bridgehead atoms. The number of aromatic hydroxyl groups is 1. The van der Waals surface area contributed by atoms with Crippen LogP contribution in [0.3, 0.4) is 0 Å². The fourth-order valence-corrected chi connectivity index (χ4v) is 2.95. The number of fused-ring (bicyclic) bond motifs is 1. The van der Waals surface area contributed by atoms with E-state index in [-0.39, 0.29) is 21.9 Å². The van der Waals surface area contributed by atoms with Crippen molar-refractivity contribution in [3.05, 3.63) is 74.0 Å². The highest BCUT2D eigenvalue weighted by Gasteiger charge is 2.22. The van der Waals surface area contributed by atoms with Gasteiger partial charge in [-0.1, -0.05) is 29.8 Å². The van der Waals surface area contributed by atoms with Crippen LogP contribution in [0.5, 0.6) is 5.75 Å². The number of aromatic nitrogens is 1. The van der Waals surface area contributed by atoms with E-state index in [0.717, 1.165) is 11.1 Å². The van der Waals surface area contributed by atoms with Crippen LogP contribution in [-0.4, -0.2) is 15.9 Å². The number of carbonyl (C=O) groups excluding carboxylic acids is 1. The molecule has 2 N–H and O–H groups in total. The molecule has 0 spiro atoms. The second-order valence-corrected chi connectivity index (χ2v) is 5.90. The average molecular weight is 328 g/mol. The van der Waals surface area contributed by atoms with E-state index in [9.17, 15) is 14.7 Å². The van der Waals surface area contributed by atoms with Crippen LogP contribution in [0.15, 0.2) is 41.2 Å². The fourth-order valence-electron chi connectivity index (χ4n) is 2.73. The summed E-state index contributed by atoms with van der Waals surface area (Å²) in [6, 6.07) is 10.1. The molecule has 4 nitrogen and oxygen atoms in total. The molecule has 0 amide bonds. The number of H-pyrrole nitrogens is 1. The first-order valence-corrected chi connectivity index (χ1v) is 7.43. The van der Waals surface area contributed by atoms with E-state index >= 15 is 0 Å². The van der Waals surface area contributed by atoms with Crippen molar-refractivity contribution < 1.29 is 9.90 Å². The molecule has 5 heteroatoms. The maximum absolute atomic E-state index is 12.7. The van der Waals surface area contributed by atoms with Gasteiger partial charge in [-0.15, -0.1) is 0 Å². The van der Waals surface area contributed by atoms with Crippen LogP contribution < -0.4 is 5.56 Å². The van der Waals surface area contributed by atoms with Gasteiger partial charge in [-0.3, -0.25) is 9.59 Å². The zero-order valence-corrected chi connectivity index (χ0v) is 13.4. The van der Waals surface area contributed by atoms with Gasteiger partial charge in [-0.2, -0.15) is 0 Å². The lowest BCUT2D eigenvalue weighted by Gasteiger charge is -2.10. The average Bonchev–Trinajstić information content (AvgIpc) is 2.49. The Balaban J connectivity index is 2.33. The first kappa shape index (κ1) is 15.3. The maximum Gasteiger partial charge on any atom is 0.263 e. The third-order valence-corrected chi connectivity index (χ3v) is 4.11. The molecule has 2 aromatic carbocycles. The standard InChI is InChI=1S/C18H14ClNO3/c1-9-7-10(2)15-12(8-9)17(22)14(18(23)20-15)16(21)11-5-3-4-6-13(11)19/h3-8H,1-2H3,(H2,20,22,23). The fraction of sp³-hybridized carbons (Fsp3) is 0.111. The summed E-state index contributed by atoms with van der Waals surface area (Å²) in [5.74, 6) is -0.920. The van der Waals surface area contributed by atoms with Crippen molar-refractivity contribution in [1.82, 2.24) is 4.98 Å². The Hall–Kier alpha value is -2.59. The van der Waals surface area contributed by atoms with E-state index in [1.807, 2.05) is 19.9 Å². The van der Waals surface area contributed by atoms with Gasteiger partial charge in [-0.05, 0) is 43.2 Å². The zero-order chi connectivity index (χ0) is 16.7. The highest BCUT2D eigenvalue weighted by Crippen LogP contribution is 2.30. The van der Waals surface area contributed by atoms with Gasteiger partial charge in [0.2, 0.25) is 5.78 Å². The van der Waals surface area contributed by atoms with Crippen molar-refractivity contribution in [1.29, 1.82) is 0 Å². The monoisotopic (exact) mass is 327 g/mol. The minimum Gasteiger partial charge on any atom is -0.506 e. The summed E-state index contributed by atoms with van der Waals surface area (Å²) in [5, 5.41) is 11.2. The van der Waals surface area contributed by atoms with Gasteiger partial charge in [0, 0.05) is 10.9 Å². The third kappa shape index (κ3) is 2.51. The number of benzene rings is 2. The molecular weight excluding hydrogens is 314 g/mol. The van der Waals surface area contributed by atoms with E-state index in [4.69, 9.17) is 11.6 Å². The van der Waals surface area contributed by atoms with Crippen LogP contribution in [0.1, 0.15) is 27.0 Å². The second-order valence-electron chi connectivity index (χ2n) is 5.49. The van der Waals surface area contributed by atoms with Gasteiger partial charge in [0.25, 0.3) is 5.56 Å². The molecule has 23 heavy (non-hydrogen) atoms. The highest BCUT2D eigenvalue weighted by atomic mass is 35.5. The summed E-state index contributed by atoms with van der Waals surface area (Å²) in [5.41, 5.74) is 1.52. The van der Waals surface area contributed by atoms with Gasteiger partial charge in [-0.25, -0.2) is 0 Å². The number of ketones is 1. The quantitative estimate of drug-likeness (QED) is 0.704. The van der Waals surface area contributed by atoms with Crippen molar-refractivity contribution in [2.75, 3.05) is 0 Å². The largest absolute Gasteiger partial charge is 0.506 e. The molecule has 1 heterocycles. The summed E-state index contributed by atoms with van der Waals surface area (Å²) in [4.78, 5) is 27.7. The van der Waals surface area contributed by atoms with Crippen LogP contribution in [0, 0.1) is 13.8 Å². The first-order valence-electron chi connectivity index (χ1n) is 7.05. The Morgan fingerprint density at radius 1 is 1.17 bits per heavy atom. The molecule has 0 saturated heterocycles. The Labute approximate surface area is 137 Å². The minimum absolute atomic E-state index is 0.179. The molecule has 0 saturated carbocycles. The first-order chi connectivity index (χ1) is 10.9. The number of pyridine rings is 1. The van der Waals surface area contributed by atoms with Gasteiger partial charge < -0.3 is 10.1 Å². The molecule has 0 fully saturated rings. The number of carbonyl (C=O) groups is 1. The molecule has 0 atom stereocenters. The predicted molar refractivity (Wildman–Crippen MR) is 90.6 cm³/mol. The van der Waals surface area contributed by atoms with Crippen molar-refractivity contribution in [2.45, 2.75) is 13.8 Å². The number of nitrogens with one attached hydrogen (secondary N) is 1. The van der Waals surface area contributed by atoms with Crippen molar-refractivity contribution in [3.63, 3.8) is 0 Å². The number of rotatable bonds is 2. The summed E-state index contributed by atoms with van der Waals surface area (Å²) < 4.78 is 0. The molecule has 0 radical (unpaired) electrons. The lowest BCUT2D eigenvalue weighted by molar-refractivity contribution is 0.103. The highest BCUT2D eigenvalue weighted by molar-refractivity contribution is 6.35. The Morgan fingerprint density at radius 3 is 2.57 bits per heavy atom. The summed E-state index contributed by atoms with van der Waals surface area (Å²) in [6.45, 7) is 3.72. The second kappa shape index (κ2) is 5.56. The van der Waals surface area contributed by atoms with Gasteiger partial charge in [0.05, 0.1) is 10.5 Å². The van der Waals surface area contributed by atoms with Crippen LogP contribution in [0.2, 0.25) is 5.02 Å². The van der Waals surface area contributed by atoms with Gasteiger partial charge >= 0.3 is 0 Å². The smallest absolute Gasteiger partial charge is 0.263 e. The van der Waals surface area contributed by atoms with Crippen LogP contribution in [0.4, 0.5) is 0 Å². The zero-order valence-electron chi connectivity index (χ0n) is 12.6. The Bertz CT molecular complexity index is 1010. The Kier molecular flexibility index (Phi) is 3.70. The molecule has 1 aromatic heterocycles. The lowest BCUT2D eigenvalue weighted by atomic mass is 9.99. The predicted octanol–water partition coefficient (Wildman–Crippen LogP) is 3.73. The van der Waals surface area contributed by atoms with E-state index < -0.39 is 11.3 Å². The number of hydrogen-bond donors (Lipinski definition) is 2. The van der Waals surface area contributed by atoms with Gasteiger partial charge in [0.1, 0.15) is 11.3 Å². The molecule has 0 aliphatic carbocycles. The number of aromatic amines is 1. The lowest BCUT2D eigenvalue weighted by Crippen LogP contribution is -2.19. The van der Waals surface area contributed by atoms with Crippen molar-refractivity contribution >= 4 is 28.3 Å². The SMILES string of the molecule is Cc1cc(C)c2[nH]c(=O)c(C(=O)c3ccccc3Cl)c(O)c2c1. The van der Waals surface area contributed by atoms with Crippen LogP contribution >= 0.6 is 11.6 Å². The van der Waals surface area contributed by atoms with E-state index in [0.29, 0.717) is 10.9 Å². The van der Waals surface area contributed by atoms with E-state index in [1.54, 1.807) is 24.3 Å². The van der Waals surface area contributed by atoms with Gasteiger partial charge in [0.15, 0.2) is 0 Å². The van der Waals surface area contributed by atoms with E-state index in [1.165, 1.54) is 6.07 Å². The molecular formula is C18H14ClNO3. The van der Waals surface area contributed by atoms with Crippen LogP contribution in [0.25, 0.3) is 10.9 Å². The number of aryl methyl sites for hydroxylation is 2. The minimum atomic E-state index is -0.633. The topological polar surface area (TPSA) is 70.2 Å². The van der Waals surface area contributed by atoms with Crippen LogP contribution in [-0.2, 0) is 0 Å². The molecule has 0 aliphatic rings. The number of hydrogen-bond acceptors (Lipinski definition) is 3. The van der Waals surface area contributed by atoms with Crippen molar-refractivity contribution in [2.24, 2.45) is 0 Å². The molecule has 3 aromatic rings. The molecule has 0 unspecified atom stereocenters. The summed E-state index contributed by atoms with van der Waals surface area (Å²) in [6.07, 6.45) is 0. The summed E-state index contributed by atoms with van der Waals surface area (Å²) >= 11 is 6.03. The third-order valence-electron chi connectivity index (χ3n) is 3.78. The Morgan fingerprint density at radius 2 is 1.87 bits per heavy atom.